The number of amides is 2. The van der Waals surface area contributed by atoms with E-state index < -0.39 is 4.92 Å². The van der Waals surface area contributed by atoms with Crippen molar-refractivity contribution >= 4 is 11.7 Å². The number of urea groups is 1. The second-order valence-corrected chi connectivity index (χ2v) is 5.98. The van der Waals surface area contributed by atoms with Gasteiger partial charge in [-0.3, -0.25) is 10.1 Å². The van der Waals surface area contributed by atoms with E-state index in [1.54, 1.807) is 12.1 Å². The van der Waals surface area contributed by atoms with E-state index >= 15 is 0 Å². The van der Waals surface area contributed by atoms with Gasteiger partial charge in [-0.1, -0.05) is 42.5 Å². The predicted octanol–water partition coefficient (Wildman–Crippen LogP) is 2.70. The number of carbonyl (C=O) groups excluding carboxylic acids is 1. The second-order valence-electron chi connectivity index (χ2n) is 5.98. The van der Waals surface area contributed by atoms with Crippen LogP contribution < -0.4 is 10.6 Å². The number of hydrogen-bond acceptors (Lipinski definition) is 4. The minimum absolute atomic E-state index is 0.00878. The number of nitro groups is 1. The Morgan fingerprint density at radius 2 is 1.88 bits per heavy atom. The monoisotopic (exact) mass is 342 g/mol. The van der Waals surface area contributed by atoms with E-state index in [1.165, 1.54) is 12.1 Å². The predicted molar refractivity (Wildman–Crippen MR) is 96.2 cm³/mol. The van der Waals surface area contributed by atoms with Gasteiger partial charge in [0.05, 0.1) is 11.0 Å². The maximum Gasteiger partial charge on any atom is 0.315 e. The standard InChI is InChI=1S/C18H22N4O3/c1-21(2)13-17(15-8-4-3-5-9-15)20-18(23)19-12-14-7-6-10-16(11-14)22(24)25/h3-11,17H,12-13H2,1-2H3,(H2,19,20,23). The van der Waals surface area contributed by atoms with Gasteiger partial charge in [0.15, 0.2) is 0 Å². The highest BCUT2D eigenvalue weighted by Gasteiger charge is 2.15. The highest BCUT2D eigenvalue weighted by atomic mass is 16.6. The van der Waals surface area contributed by atoms with Gasteiger partial charge in [-0.25, -0.2) is 4.79 Å². The van der Waals surface area contributed by atoms with Crippen LogP contribution in [-0.2, 0) is 6.54 Å². The fraction of sp³-hybridized carbons (Fsp3) is 0.278. The highest BCUT2D eigenvalue weighted by molar-refractivity contribution is 5.74. The Morgan fingerprint density at radius 3 is 2.52 bits per heavy atom. The average Bonchev–Trinajstić information content (AvgIpc) is 2.60. The molecule has 1 atom stereocenters. The lowest BCUT2D eigenvalue weighted by Gasteiger charge is -2.23. The Bertz CT molecular complexity index is 719. The summed E-state index contributed by atoms with van der Waals surface area (Å²) in [5.41, 5.74) is 1.70. The van der Waals surface area contributed by atoms with Crippen molar-refractivity contribution in [3.05, 3.63) is 75.8 Å². The third-order valence-electron chi connectivity index (χ3n) is 3.63. The topological polar surface area (TPSA) is 87.5 Å². The summed E-state index contributed by atoms with van der Waals surface area (Å²) in [6.45, 7) is 0.880. The van der Waals surface area contributed by atoms with Crippen LogP contribution in [0.5, 0.6) is 0 Å². The van der Waals surface area contributed by atoms with E-state index in [0.717, 1.165) is 5.56 Å². The van der Waals surface area contributed by atoms with Crippen LogP contribution in [0.25, 0.3) is 0 Å². The van der Waals surface area contributed by atoms with Gasteiger partial charge < -0.3 is 15.5 Å². The molecule has 0 spiro atoms. The first-order valence-corrected chi connectivity index (χ1v) is 7.93. The lowest BCUT2D eigenvalue weighted by molar-refractivity contribution is -0.384. The Kier molecular flexibility index (Phi) is 6.47. The Labute approximate surface area is 146 Å². The van der Waals surface area contributed by atoms with Gasteiger partial charge in [0, 0.05) is 25.2 Å². The first-order chi connectivity index (χ1) is 12.0. The van der Waals surface area contributed by atoms with Crippen LogP contribution in [0.3, 0.4) is 0 Å². The number of benzene rings is 2. The number of non-ortho nitro benzene ring substituents is 1. The number of rotatable bonds is 7. The molecule has 7 nitrogen and oxygen atoms in total. The smallest absolute Gasteiger partial charge is 0.315 e. The summed E-state index contributed by atoms with van der Waals surface area (Å²) in [6, 6.07) is 15.5. The molecule has 2 N–H and O–H groups in total. The summed E-state index contributed by atoms with van der Waals surface area (Å²) >= 11 is 0. The van der Waals surface area contributed by atoms with Crippen LogP contribution >= 0.6 is 0 Å². The summed E-state index contributed by atoms with van der Waals surface area (Å²) in [7, 11) is 3.89. The molecule has 1 unspecified atom stereocenters. The zero-order valence-electron chi connectivity index (χ0n) is 14.3. The molecule has 0 fully saturated rings. The van der Waals surface area contributed by atoms with Crippen LogP contribution in [0.15, 0.2) is 54.6 Å². The minimum atomic E-state index is -0.452. The van der Waals surface area contributed by atoms with E-state index in [9.17, 15) is 14.9 Å². The fourth-order valence-electron chi connectivity index (χ4n) is 2.46. The summed E-state index contributed by atoms with van der Waals surface area (Å²) in [5.74, 6) is 0. The normalized spacial score (nSPS) is 11.8. The zero-order valence-corrected chi connectivity index (χ0v) is 14.3. The molecule has 25 heavy (non-hydrogen) atoms. The van der Waals surface area contributed by atoms with Crippen LogP contribution in [0, 0.1) is 10.1 Å². The van der Waals surface area contributed by atoms with Crippen LogP contribution in [-0.4, -0.2) is 36.5 Å². The number of likely N-dealkylation sites (N-methyl/N-ethyl adjacent to an activating group) is 1. The Morgan fingerprint density at radius 1 is 1.16 bits per heavy atom. The van der Waals surface area contributed by atoms with Crippen molar-refractivity contribution < 1.29 is 9.72 Å². The molecular formula is C18H22N4O3. The van der Waals surface area contributed by atoms with E-state index in [-0.39, 0.29) is 24.3 Å². The molecule has 2 aromatic carbocycles. The van der Waals surface area contributed by atoms with Crippen molar-refractivity contribution in [2.75, 3.05) is 20.6 Å². The van der Waals surface area contributed by atoms with E-state index in [4.69, 9.17) is 0 Å². The highest BCUT2D eigenvalue weighted by Crippen LogP contribution is 2.14. The average molecular weight is 342 g/mol. The van der Waals surface area contributed by atoms with Gasteiger partial charge >= 0.3 is 6.03 Å². The van der Waals surface area contributed by atoms with Gasteiger partial charge in [0.1, 0.15) is 0 Å². The number of nitrogens with zero attached hydrogens (tertiary/aromatic N) is 2. The Balaban J connectivity index is 1.97. The summed E-state index contributed by atoms with van der Waals surface area (Å²) in [6.07, 6.45) is 0. The zero-order chi connectivity index (χ0) is 18.2. The molecule has 0 saturated carbocycles. The first-order valence-electron chi connectivity index (χ1n) is 7.93. The SMILES string of the molecule is CN(C)CC(NC(=O)NCc1cccc([N+](=O)[O-])c1)c1ccccc1. The Hall–Kier alpha value is -2.93. The van der Waals surface area contributed by atoms with E-state index in [2.05, 4.69) is 10.6 Å². The van der Waals surface area contributed by atoms with Gasteiger partial charge in [0.2, 0.25) is 0 Å². The largest absolute Gasteiger partial charge is 0.334 e. The molecule has 2 rings (SSSR count). The number of nitro benzene ring substituents is 1. The molecule has 0 saturated heterocycles. The van der Waals surface area contributed by atoms with Crippen molar-refractivity contribution in [3.8, 4) is 0 Å². The minimum Gasteiger partial charge on any atom is -0.334 e. The summed E-state index contributed by atoms with van der Waals surface area (Å²) in [4.78, 5) is 24.6. The van der Waals surface area contributed by atoms with Crippen molar-refractivity contribution in [1.82, 2.24) is 15.5 Å². The molecule has 0 bridgehead atoms. The first kappa shape index (κ1) is 18.4. The lowest BCUT2D eigenvalue weighted by Crippen LogP contribution is -2.41. The molecule has 0 aliphatic rings. The maximum atomic E-state index is 12.2. The lowest BCUT2D eigenvalue weighted by atomic mass is 10.1. The number of hydrogen-bond donors (Lipinski definition) is 2. The molecule has 2 amide bonds. The van der Waals surface area contributed by atoms with E-state index in [0.29, 0.717) is 12.1 Å². The van der Waals surface area contributed by atoms with Crippen LogP contribution in [0.1, 0.15) is 17.2 Å². The van der Waals surface area contributed by atoms with Crippen LogP contribution in [0.4, 0.5) is 10.5 Å². The van der Waals surface area contributed by atoms with Crippen molar-refractivity contribution in [1.29, 1.82) is 0 Å². The van der Waals surface area contributed by atoms with Crippen molar-refractivity contribution in [2.45, 2.75) is 12.6 Å². The summed E-state index contributed by atoms with van der Waals surface area (Å²) in [5, 5.41) is 16.5. The van der Waals surface area contributed by atoms with Crippen molar-refractivity contribution in [3.63, 3.8) is 0 Å². The molecular weight excluding hydrogens is 320 g/mol. The van der Waals surface area contributed by atoms with Crippen molar-refractivity contribution in [2.24, 2.45) is 0 Å². The van der Waals surface area contributed by atoms with Gasteiger partial charge in [-0.05, 0) is 25.2 Å². The molecule has 0 aromatic heterocycles. The van der Waals surface area contributed by atoms with Crippen LogP contribution in [0.2, 0.25) is 0 Å². The molecule has 0 radical (unpaired) electrons. The fourth-order valence-corrected chi connectivity index (χ4v) is 2.46. The number of nitrogens with one attached hydrogen (secondary N) is 2. The van der Waals surface area contributed by atoms with E-state index in [1.807, 2.05) is 49.3 Å². The molecule has 0 aliphatic carbocycles. The summed E-state index contributed by atoms with van der Waals surface area (Å²) < 4.78 is 0. The second kappa shape index (κ2) is 8.79. The van der Waals surface area contributed by atoms with Gasteiger partial charge in [0.25, 0.3) is 5.69 Å². The number of carbonyl (C=O) groups is 1. The van der Waals surface area contributed by atoms with Gasteiger partial charge in [-0.2, -0.15) is 0 Å². The molecule has 0 aliphatic heterocycles. The third-order valence-corrected chi connectivity index (χ3v) is 3.63. The van der Waals surface area contributed by atoms with Gasteiger partial charge in [-0.15, -0.1) is 0 Å². The molecule has 7 heteroatoms. The quantitative estimate of drug-likeness (QED) is 0.598. The molecule has 0 heterocycles. The third kappa shape index (κ3) is 5.89. The molecule has 2 aromatic rings. The maximum absolute atomic E-state index is 12.2. The molecule has 132 valence electrons.